The van der Waals surface area contributed by atoms with E-state index in [4.69, 9.17) is 10.7 Å². The quantitative estimate of drug-likeness (QED) is 0.630. The Labute approximate surface area is 71.1 Å². The third kappa shape index (κ3) is 3.37. The largest absolute Gasteiger partial charge is 0.306 e. The molecule has 1 aliphatic heterocycles. The predicted octanol–water partition coefficient (Wildman–Crippen LogP) is -0.379. The Morgan fingerprint density at radius 1 is 1.64 bits per heavy atom. The van der Waals surface area contributed by atoms with Crippen LogP contribution in [0.2, 0.25) is 0 Å². The van der Waals surface area contributed by atoms with E-state index in [-0.39, 0.29) is 0 Å². The van der Waals surface area contributed by atoms with Gasteiger partial charge in [0.2, 0.25) is 0 Å². The summed E-state index contributed by atoms with van der Waals surface area (Å²) < 4.78 is 23.1. The van der Waals surface area contributed by atoms with Crippen LogP contribution in [0.15, 0.2) is 0 Å². The summed E-state index contributed by atoms with van der Waals surface area (Å²) in [5, 5.41) is 0. The molecule has 1 aliphatic rings. The average Bonchev–Trinajstić information content (AvgIpc) is 1.75. The molecular formula is C5H11ClN2O2S. The van der Waals surface area contributed by atoms with Crippen molar-refractivity contribution in [1.82, 2.24) is 9.62 Å². The van der Waals surface area contributed by atoms with Crippen molar-refractivity contribution in [3.63, 3.8) is 0 Å². The third-order valence-electron chi connectivity index (χ3n) is 1.68. The molecule has 11 heavy (non-hydrogen) atoms. The van der Waals surface area contributed by atoms with Gasteiger partial charge in [0.1, 0.15) is 0 Å². The molecule has 1 heterocycles. The van der Waals surface area contributed by atoms with Crippen LogP contribution in [0.4, 0.5) is 0 Å². The average molecular weight is 199 g/mol. The van der Waals surface area contributed by atoms with Crippen LogP contribution in [0.25, 0.3) is 0 Å². The lowest BCUT2D eigenvalue weighted by Gasteiger charge is -2.35. The highest BCUT2D eigenvalue weighted by atomic mass is 35.7. The standard InChI is InChI=1S/C5H11ClN2O2S/c1-8-3-5(4-8)2-7-11(6,9)10/h5,7H,2-4H2,1H3. The molecule has 6 heteroatoms. The summed E-state index contributed by atoms with van der Waals surface area (Å²) in [6.07, 6.45) is 0. The second kappa shape index (κ2) is 3.26. The first-order valence-electron chi connectivity index (χ1n) is 3.35. The molecule has 1 N–H and O–H groups in total. The Balaban J connectivity index is 2.15. The summed E-state index contributed by atoms with van der Waals surface area (Å²) in [4.78, 5) is 2.12. The van der Waals surface area contributed by atoms with E-state index in [9.17, 15) is 8.42 Å². The van der Waals surface area contributed by atoms with Gasteiger partial charge in [0, 0.05) is 30.3 Å². The van der Waals surface area contributed by atoms with Crippen molar-refractivity contribution in [3.05, 3.63) is 0 Å². The van der Waals surface area contributed by atoms with Crippen molar-refractivity contribution >= 4 is 19.9 Å². The van der Waals surface area contributed by atoms with Crippen molar-refractivity contribution in [3.8, 4) is 0 Å². The van der Waals surface area contributed by atoms with Gasteiger partial charge in [-0.15, -0.1) is 0 Å². The molecule has 1 saturated heterocycles. The van der Waals surface area contributed by atoms with Crippen LogP contribution in [0, 0.1) is 5.92 Å². The van der Waals surface area contributed by atoms with Gasteiger partial charge in [0.15, 0.2) is 0 Å². The SMILES string of the molecule is CN1CC(CNS(=O)(=O)Cl)C1. The summed E-state index contributed by atoms with van der Waals surface area (Å²) in [6, 6.07) is 0. The van der Waals surface area contributed by atoms with Crippen LogP contribution >= 0.6 is 10.7 Å². The minimum atomic E-state index is -3.51. The zero-order valence-electron chi connectivity index (χ0n) is 6.25. The second-order valence-corrected chi connectivity index (χ2v) is 5.26. The van der Waals surface area contributed by atoms with Gasteiger partial charge in [-0.05, 0) is 13.0 Å². The summed E-state index contributed by atoms with van der Waals surface area (Å²) in [7, 11) is 3.42. The highest BCUT2D eigenvalue weighted by Gasteiger charge is 2.23. The van der Waals surface area contributed by atoms with Crippen molar-refractivity contribution in [1.29, 1.82) is 0 Å². The lowest BCUT2D eigenvalue weighted by atomic mass is 10.0. The molecule has 1 fully saturated rings. The molecule has 0 spiro atoms. The number of nitrogens with one attached hydrogen (secondary N) is 1. The summed E-state index contributed by atoms with van der Waals surface area (Å²) in [6.45, 7) is 2.34. The lowest BCUT2D eigenvalue weighted by molar-refractivity contribution is 0.138. The van der Waals surface area contributed by atoms with Crippen LogP contribution in [0.3, 0.4) is 0 Å². The molecule has 0 bridgehead atoms. The third-order valence-corrected chi connectivity index (χ3v) is 2.52. The first-order valence-corrected chi connectivity index (χ1v) is 5.66. The smallest absolute Gasteiger partial charge is 0.297 e. The number of hydrogen-bond acceptors (Lipinski definition) is 3. The topological polar surface area (TPSA) is 49.4 Å². The van der Waals surface area contributed by atoms with Crippen LogP contribution in [-0.4, -0.2) is 40.0 Å². The molecule has 0 aliphatic carbocycles. The van der Waals surface area contributed by atoms with E-state index in [1.807, 2.05) is 7.05 Å². The van der Waals surface area contributed by atoms with Gasteiger partial charge >= 0.3 is 0 Å². The fraction of sp³-hybridized carbons (Fsp3) is 1.00. The van der Waals surface area contributed by atoms with E-state index < -0.39 is 9.24 Å². The Morgan fingerprint density at radius 2 is 2.18 bits per heavy atom. The van der Waals surface area contributed by atoms with Gasteiger partial charge in [-0.1, -0.05) is 0 Å². The van der Waals surface area contributed by atoms with Gasteiger partial charge in [-0.25, -0.2) is 4.72 Å². The Hall–Kier alpha value is 0.160. The zero-order chi connectivity index (χ0) is 8.48. The van der Waals surface area contributed by atoms with Gasteiger partial charge in [-0.3, -0.25) is 0 Å². The van der Waals surface area contributed by atoms with E-state index in [2.05, 4.69) is 9.62 Å². The minimum Gasteiger partial charge on any atom is -0.306 e. The monoisotopic (exact) mass is 198 g/mol. The van der Waals surface area contributed by atoms with Crippen LogP contribution in [0.1, 0.15) is 0 Å². The summed E-state index contributed by atoms with van der Waals surface area (Å²) in [5.74, 6) is 0.425. The summed E-state index contributed by atoms with van der Waals surface area (Å²) in [5.41, 5.74) is 0. The predicted molar refractivity (Wildman–Crippen MR) is 43.8 cm³/mol. The van der Waals surface area contributed by atoms with Crippen LogP contribution < -0.4 is 4.72 Å². The molecule has 0 aromatic heterocycles. The molecule has 1 rings (SSSR count). The van der Waals surface area contributed by atoms with Crippen LogP contribution in [-0.2, 0) is 9.24 Å². The van der Waals surface area contributed by atoms with Crippen molar-refractivity contribution in [2.24, 2.45) is 5.92 Å². The molecule has 0 aromatic carbocycles. The Bertz CT molecular complexity index is 223. The van der Waals surface area contributed by atoms with Crippen molar-refractivity contribution in [2.45, 2.75) is 0 Å². The maximum absolute atomic E-state index is 10.4. The highest BCUT2D eigenvalue weighted by molar-refractivity contribution is 8.12. The van der Waals surface area contributed by atoms with E-state index in [0.29, 0.717) is 12.5 Å². The Morgan fingerprint density at radius 3 is 2.55 bits per heavy atom. The van der Waals surface area contributed by atoms with Gasteiger partial charge < -0.3 is 4.90 Å². The molecule has 0 atom stereocenters. The van der Waals surface area contributed by atoms with E-state index in [1.54, 1.807) is 0 Å². The first kappa shape index (κ1) is 9.25. The number of halogens is 1. The van der Waals surface area contributed by atoms with E-state index in [0.717, 1.165) is 13.1 Å². The van der Waals surface area contributed by atoms with E-state index in [1.165, 1.54) is 0 Å². The molecule has 66 valence electrons. The molecule has 0 amide bonds. The second-order valence-electron chi connectivity index (χ2n) is 2.87. The minimum absolute atomic E-state index is 0.425. The molecule has 0 aromatic rings. The molecule has 0 unspecified atom stereocenters. The number of rotatable bonds is 3. The molecule has 4 nitrogen and oxygen atoms in total. The van der Waals surface area contributed by atoms with Crippen LogP contribution in [0.5, 0.6) is 0 Å². The maximum Gasteiger partial charge on any atom is 0.297 e. The number of hydrogen-bond donors (Lipinski definition) is 1. The molecule has 0 radical (unpaired) electrons. The lowest BCUT2D eigenvalue weighted by Crippen LogP contribution is -2.48. The molecular weight excluding hydrogens is 188 g/mol. The fourth-order valence-electron chi connectivity index (χ4n) is 1.17. The van der Waals surface area contributed by atoms with Gasteiger partial charge in [0.05, 0.1) is 0 Å². The Kier molecular flexibility index (Phi) is 2.74. The van der Waals surface area contributed by atoms with Crippen molar-refractivity contribution in [2.75, 3.05) is 26.7 Å². The number of likely N-dealkylation sites (tertiary alicyclic amines) is 1. The zero-order valence-corrected chi connectivity index (χ0v) is 7.82. The molecule has 0 saturated carbocycles. The highest BCUT2D eigenvalue weighted by Crippen LogP contribution is 2.11. The van der Waals surface area contributed by atoms with E-state index >= 15 is 0 Å². The van der Waals surface area contributed by atoms with Gasteiger partial charge in [-0.2, -0.15) is 8.42 Å². The maximum atomic E-state index is 10.4. The van der Waals surface area contributed by atoms with Crippen molar-refractivity contribution < 1.29 is 8.42 Å². The summed E-state index contributed by atoms with van der Waals surface area (Å²) >= 11 is 0. The number of nitrogens with zero attached hydrogens (tertiary/aromatic N) is 1. The van der Waals surface area contributed by atoms with Gasteiger partial charge in [0.25, 0.3) is 9.24 Å². The first-order chi connectivity index (χ1) is 4.97. The fourth-order valence-corrected chi connectivity index (χ4v) is 1.80. The normalized spacial score (nSPS) is 21.6.